The number of likely N-dealkylation sites (tertiary alicyclic amines) is 1. The maximum absolute atomic E-state index is 12.0. The summed E-state index contributed by atoms with van der Waals surface area (Å²) in [5, 5.41) is 21.4. The molecular formula is C9H17BN2O3. The van der Waals surface area contributed by atoms with Crippen molar-refractivity contribution in [2.24, 2.45) is 0 Å². The lowest BCUT2D eigenvalue weighted by atomic mass is 9.77. The van der Waals surface area contributed by atoms with Crippen molar-refractivity contribution in [1.29, 1.82) is 0 Å². The van der Waals surface area contributed by atoms with Gasteiger partial charge in [0.15, 0.2) is 0 Å². The second kappa shape index (κ2) is 4.51. The van der Waals surface area contributed by atoms with E-state index in [1.165, 1.54) is 0 Å². The number of hydrogen-bond acceptors (Lipinski definition) is 4. The lowest BCUT2D eigenvalue weighted by molar-refractivity contribution is -0.133. The molecule has 1 amide bonds. The molecule has 5 nitrogen and oxygen atoms in total. The minimum atomic E-state index is -1.40. The molecule has 2 aliphatic rings. The second-order valence-corrected chi connectivity index (χ2v) is 4.30. The van der Waals surface area contributed by atoms with Gasteiger partial charge in [0, 0.05) is 6.54 Å². The molecule has 2 fully saturated rings. The molecule has 6 heteroatoms. The van der Waals surface area contributed by atoms with Crippen LogP contribution in [0.1, 0.15) is 25.7 Å². The van der Waals surface area contributed by atoms with Crippen LogP contribution in [0.5, 0.6) is 0 Å². The van der Waals surface area contributed by atoms with Crippen LogP contribution in [-0.2, 0) is 4.79 Å². The van der Waals surface area contributed by atoms with Gasteiger partial charge in [-0.25, -0.2) is 0 Å². The zero-order valence-electron chi connectivity index (χ0n) is 8.72. The smallest absolute Gasteiger partial charge is 0.426 e. The van der Waals surface area contributed by atoms with Gasteiger partial charge in [0.25, 0.3) is 0 Å². The summed E-state index contributed by atoms with van der Waals surface area (Å²) in [6.45, 7) is 1.54. The van der Waals surface area contributed by atoms with Gasteiger partial charge in [-0.05, 0) is 32.2 Å². The first kappa shape index (κ1) is 10.9. The molecule has 2 atom stereocenters. The van der Waals surface area contributed by atoms with E-state index in [1.54, 1.807) is 4.90 Å². The van der Waals surface area contributed by atoms with E-state index in [1.807, 2.05) is 0 Å². The van der Waals surface area contributed by atoms with Crippen LogP contribution in [0.2, 0.25) is 0 Å². The number of carbonyl (C=O) groups excluding carboxylic acids is 1. The second-order valence-electron chi connectivity index (χ2n) is 4.30. The van der Waals surface area contributed by atoms with E-state index in [0.29, 0.717) is 13.0 Å². The maximum Gasteiger partial charge on any atom is 0.475 e. The maximum atomic E-state index is 12.0. The Kier molecular flexibility index (Phi) is 3.28. The molecule has 0 aromatic rings. The zero-order chi connectivity index (χ0) is 10.8. The topological polar surface area (TPSA) is 72.8 Å². The minimum absolute atomic E-state index is 0.0306. The lowest BCUT2D eigenvalue weighted by Crippen LogP contribution is -2.51. The van der Waals surface area contributed by atoms with Gasteiger partial charge in [-0.1, -0.05) is 0 Å². The van der Waals surface area contributed by atoms with Crippen molar-refractivity contribution < 1.29 is 14.8 Å². The quantitative estimate of drug-likeness (QED) is 0.499. The Morgan fingerprint density at radius 1 is 1.33 bits per heavy atom. The van der Waals surface area contributed by atoms with Gasteiger partial charge in [0.05, 0.1) is 12.0 Å². The van der Waals surface area contributed by atoms with Gasteiger partial charge in [0.1, 0.15) is 0 Å². The van der Waals surface area contributed by atoms with Crippen molar-refractivity contribution in [1.82, 2.24) is 10.2 Å². The predicted octanol–water partition coefficient (Wildman–Crippen LogP) is -1.26. The van der Waals surface area contributed by atoms with Gasteiger partial charge >= 0.3 is 7.12 Å². The monoisotopic (exact) mass is 212 g/mol. The summed E-state index contributed by atoms with van der Waals surface area (Å²) in [5.74, 6) is -0.372. The van der Waals surface area contributed by atoms with E-state index in [-0.39, 0.29) is 11.9 Å². The van der Waals surface area contributed by atoms with Crippen LogP contribution in [0.15, 0.2) is 0 Å². The molecular weight excluding hydrogens is 195 g/mol. The van der Waals surface area contributed by atoms with Crippen molar-refractivity contribution in [3.05, 3.63) is 0 Å². The fourth-order valence-electron chi connectivity index (χ4n) is 2.47. The molecule has 0 aromatic carbocycles. The molecule has 0 aliphatic carbocycles. The van der Waals surface area contributed by atoms with Gasteiger partial charge in [-0.15, -0.1) is 0 Å². The van der Waals surface area contributed by atoms with Crippen LogP contribution >= 0.6 is 0 Å². The van der Waals surface area contributed by atoms with Crippen molar-refractivity contribution in [2.45, 2.75) is 37.7 Å². The van der Waals surface area contributed by atoms with E-state index in [0.717, 1.165) is 25.8 Å². The number of nitrogens with one attached hydrogen (secondary N) is 1. The molecule has 0 aromatic heterocycles. The highest BCUT2D eigenvalue weighted by Gasteiger charge is 2.39. The molecule has 0 saturated carbocycles. The van der Waals surface area contributed by atoms with E-state index in [9.17, 15) is 4.79 Å². The zero-order valence-corrected chi connectivity index (χ0v) is 8.72. The van der Waals surface area contributed by atoms with Gasteiger partial charge in [-0.3, -0.25) is 4.79 Å². The number of hydrogen-bond donors (Lipinski definition) is 3. The Bertz CT molecular complexity index is 244. The highest BCUT2D eigenvalue weighted by Crippen LogP contribution is 2.20. The fourth-order valence-corrected chi connectivity index (χ4v) is 2.47. The number of nitrogens with zero attached hydrogens (tertiary/aromatic N) is 1. The Morgan fingerprint density at radius 2 is 2.13 bits per heavy atom. The number of carbonyl (C=O) groups is 1. The molecule has 2 aliphatic heterocycles. The Balaban J connectivity index is 1.99. The van der Waals surface area contributed by atoms with Gasteiger partial charge in [-0.2, -0.15) is 0 Å². The SMILES string of the molecule is O=C([C@H]1CCCN1)N1CCC[C@H]1B(O)O. The van der Waals surface area contributed by atoms with E-state index in [2.05, 4.69) is 5.32 Å². The predicted molar refractivity (Wildman–Crippen MR) is 56.0 cm³/mol. The highest BCUT2D eigenvalue weighted by atomic mass is 16.4. The molecule has 0 spiro atoms. The molecule has 3 N–H and O–H groups in total. The summed E-state index contributed by atoms with van der Waals surface area (Å²) in [5.41, 5.74) is 0. The fraction of sp³-hybridized carbons (Fsp3) is 0.889. The van der Waals surface area contributed by atoms with Crippen LogP contribution in [0, 0.1) is 0 Å². The van der Waals surface area contributed by atoms with Crippen molar-refractivity contribution in [3.63, 3.8) is 0 Å². The number of rotatable bonds is 2. The number of amides is 1. The van der Waals surface area contributed by atoms with E-state index in [4.69, 9.17) is 10.0 Å². The summed E-state index contributed by atoms with van der Waals surface area (Å²) in [6, 6.07) is -0.107. The summed E-state index contributed by atoms with van der Waals surface area (Å²) >= 11 is 0. The average Bonchev–Trinajstić information content (AvgIpc) is 2.88. The molecule has 2 rings (SSSR count). The summed E-state index contributed by atoms with van der Waals surface area (Å²) in [7, 11) is -1.40. The van der Waals surface area contributed by atoms with Crippen LogP contribution in [0.25, 0.3) is 0 Å². The van der Waals surface area contributed by atoms with E-state index < -0.39 is 13.1 Å². The third-order valence-corrected chi connectivity index (χ3v) is 3.28. The standard InChI is InChI=1S/C9H17BN2O3/c13-9(7-3-1-5-11-7)12-6-2-4-8(12)10(14)15/h7-8,11,14-15H,1-6H2/t7-,8+/m1/s1. The summed E-state index contributed by atoms with van der Waals surface area (Å²) in [6.07, 6.45) is 3.44. The van der Waals surface area contributed by atoms with Crippen molar-refractivity contribution >= 4 is 13.0 Å². The van der Waals surface area contributed by atoms with E-state index >= 15 is 0 Å². The normalized spacial score (nSPS) is 30.9. The third kappa shape index (κ3) is 2.16. The first-order valence-corrected chi connectivity index (χ1v) is 5.60. The molecule has 2 heterocycles. The lowest BCUT2D eigenvalue weighted by Gasteiger charge is -2.26. The Morgan fingerprint density at radius 3 is 2.73 bits per heavy atom. The van der Waals surface area contributed by atoms with Crippen molar-refractivity contribution in [2.75, 3.05) is 13.1 Å². The molecule has 15 heavy (non-hydrogen) atoms. The Labute approximate surface area is 89.6 Å². The third-order valence-electron chi connectivity index (χ3n) is 3.28. The molecule has 0 radical (unpaired) electrons. The van der Waals surface area contributed by atoms with Gasteiger partial charge in [0.2, 0.25) is 5.91 Å². The van der Waals surface area contributed by atoms with Crippen LogP contribution in [-0.4, -0.2) is 53.0 Å². The summed E-state index contributed by atoms with van der Waals surface area (Å²) in [4.78, 5) is 13.6. The first-order valence-electron chi connectivity index (χ1n) is 5.60. The molecule has 84 valence electrons. The van der Waals surface area contributed by atoms with Crippen LogP contribution in [0.4, 0.5) is 0 Å². The molecule has 2 saturated heterocycles. The minimum Gasteiger partial charge on any atom is -0.426 e. The largest absolute Gasteiger partial charge is 0.475 e. The van der Waals surface area contributed by atoms with Crippen LogP contribution in [0.3, 0.4) is 0 Å². The first-order chi connectivity index (χ1) is 7.20. The highest BCUT2D eigenvalue weighted by molar-refractivity contribution is 6.43. The van der Waals surface area contributed by atoms with Crippen molar-refractivity contribution in [3.8, 4) is 0 Å². The Hall–Kier alpha value is -0.585. The van der Waals surface area contributed by atoms with Gasteiger partial charge < -0.3 is 20.3 Å². The molecule has 0 unspecified atom stereocenters. The van der Waals surface area contributed by atoms with Crippen LogP contribution < -0.4 is 5.32 Å². The summed E-state index contributed by atoms with van der Waals surface area (Å²) < 4.78 is 0. The molecule has 0 bridgehead atoms. The average molecular weight is 212 g/mol.